The molecule has 126 valence electrons. The molecule has 0 saturated carbocycles. The second kappa shape index (κ2) is 6.79. The van der Waals surface area contributed by atoms with Crippen molar-refractivity contribution in [1.82, 2.24) is 4.90 Å². The van der Waals surface area contributed by atoms with Gasteiger partial charge in [0.2, 0.25) is 5.91 Å². The van der Waals surface area contributed by atoms with Gasteiger partial charge in [-0.3, -0.25) is 4.79 Å². The van der Waals surface area contributed by atoms with E-state index in [9.17, 15) is 19.8 Å². The molecule has 0 unspecified atom stereocenters. The molecule has 2 saturated heterocycles. The Kier molecular flexibility index (Phi) is 5.43. The van der Waals surface area contributed by atoms with Gasteiger partial charge in [-0.1, -0.05) is 39.0 Å². The zero-order valence-corrected chi connectivity index (χ0v) is 14.4. The molecule has 2 rings (SSSR count). The highest BCUT2D eigenvalue weighted by atomic mass is 32.2. The first-order valence-corrected chi connectivity index (χ1v) is 9.10. The largest absolute Gasteiger partial charge is 0.480 e. The maximum absolute atomic E-state index is 12.3. The lowest BCUT2D eigenvalue weighted by molar-refractivity contribution is -0.169. The Morgan fingerprint density at radius 2 is 1.95 bits per heavy atom. The number of carbonyl (C=O) groups excluding carboxylic acids is 1. The van der Waals surface area contributed by atoms with Crippen molar-refractivity contribution in [3.63, 3.8) is 0 Å². The number of carbonyl (C=O) groups is 2. The van der Waals surface area contributed by atoms with Crippen LogP contribution in [0.4, 0.5) is 0 Å². The van der Waals surface area contributed by atoms with Gasteiger partial charge in [0.05, 0.1) is 17.4 Å². The molecule has 0 bridgehead atoms. The fourth-order valence-corrected chi connectivity index (χ4v) is 5.28. The number of carboxylic acid groups (broad SMARTS) is 1. The van der Waals surface area contributed by atoms with Crippen molar-refractivity contribution >= 4 is 23.6 Å². The predicted molar refractivity (Wildman–Crippen MR) is 86.6 cm³/mol. The smallest absolute Gasteiger partial charge is 0.327 e. The number of hydrogen-bond donors (Lipinski definition) is 2. The lowest BCUT2D eigenvalue weighted by atomic mass is 9.86. The van der Waals surface area contributed by atoms with E-state index in [-0.39, 0.29) is 11.3 Å². The summed E-state index contributed by atoms with van der Waals surface area (Å²) in [5, 5.41) is 19.5. The fourth-order valence-electron chi connectivity index (χ4n) is 3.53. The van der Waals surface area contributed by atoms with E-state index < -0.39 is 28.8 Å². The number of aliphatic hydroxyl groups is 1. The normalized spacial score (nSPS) is 30.8. The lowest BCUT2D eigenvalue weighted by Gasteiger charge is -2.45. The van der Waals surface area contributed by atoms with Crippen LogP contribution in [0.3, 0.4) is 0 Å². The standard InChI is InChI=1S/C16H27NO4S/c1-4-5-6-7-8-9-10(18)11-13(19)17-12(15(20)21)16(2,3)22-14(11)17/h10-12,14,18H,4-9H2,1-3H3,(H,20,21)/t10-,11+,12+,14-/m1/s1. The summed E-state index contributed by atoms with van der Waals surface area (Å²) >= 11 is 1.51. The number of β-lactam (4-membered cyclic amide) rings is 1. The Morgan fingerprint density at radius 3 is 2.55 bits per heavy atom. The van der Waals surface area contributed by atoms with Crippen molar-refractivity contribution < 1.29 is 19.8 Å². The monoisotopic (exact) mass is 329 g/mol. The second-order valence-electron chi connectivity index (χ2n) is 6.89. The topological polar surface area (TPSA) is 77.8 Å². The zero-order chi connectivity index (χ0) is 16.5. The number of hydrogen-bond acceptors (Lipinski definition) is 4. The lowest BCUT2D eigenvalue weighted by Crippen LogP contribution is -2.65. The number of fused-ring (bicyclic) bond motifs is 1. The Hall–Kier alpha value is -0.750. The fraction of sp³-hybridized carbons (Fsp3) is 0.875. The van der Waals surface area contributed by atoms with E-state index in [1.54, 1.807) is 0 Å². The van der Waals surface area contributed by atoms with Gasteiger partial charge in [0, 0.05) is 4.75 Å². The molecule has 2 aliphatic rings. The van der Waals surface area contributed by atoms with E-state index in [0.717, 1.165) is 12.8 Å². The minimum absolute atomic E-state index is 0.186. The van der Waals surface area contributed by atoms with E-state index in [4.69, 9.17) is 0 Å². The van der Waals surface area contributed by atoms with Crippen molar-refractivity contribution in [3.05, 3.63) is 0 Å². The molecule has 5 nitrogen and oxygen atoms in total. The van der Waals surface area contributed by atoms with Crippen LogP contribution in [-0.2, 0) is 9.59 Å². The third kappa shape index (κ3) is 3.13. The second-order valence-corrected chi connectivity index (χ2v) is 8.67. The van der Waals surface area contributed by atoms with Crippen molar-refractivity contribution in [2.45, 2.75) is 81.6 Å². The molecule has 2 heterocycles. The van der Waals surface area contributed by atoms with Gasteiger partial charge in [-0.25, -0.2) is 4.79 Å². The van der Waals surface area contributed by atoms with Crippen LogP contribution in [0.2, 0.25) is 0 Å². The first kappa shape index (κ1) is 17.6. The van der Waals surface area contributed by atoms with Crippen LogP contribution >= 0.6 is 11.8 Å². The van der Waals surface area contributed by atoms with Gasteiger partial charge in [-0.15, -0.1) is 11.8 Å². The molecule has 6 heteroatoms. The van der Waals surface area contributed by atoms with Crippen LogP contribution in [0.5, 0.6) is 0 Å². The van der Waals surface area contributed by atoms with Crippen LogP contribution in [-0.4, -0.2) is 49.3 Å². The molecule has 0 aromatic carbocycles. The number of amides is 1. The number of carboxylic acids is 1. The average molecular weight is 329 g/mol. The summed E-state index contributed by atoms with van der Waals surface area (Å²) in [6.07, 6.45) is 5.54. The minimum atomic E-state index is -0.958. The van der Waals surface area contributed by atoms with Crippen LogP contribution in [0, 0.1) is 5.92 Å². The van der Waals surface area contributed by atoms with E-state index >= 15 is 0 Å². The molecular formula is C16H27NO4S. The molecule has 2 fully saturated rings. The van der Waals surface area contributed by atoms with Gasteiger partial charge < -0.3 is 15.1 Å². The molecule has 0 aliphatic carbocycles. The number of aliphatic hydroxyl groups excluding tert-OH is 1. The zero-order valence-electron chi connectivity index (χ0n) is 13.6. The summed E-state index contributed by atoms with van der Waals surface area (Å²) in [5.74, 6) is -1.59. The Morgan fingerprint density at radius 1 is 1.32 bits per heavy atom. The van der Waals surface area contributed by atoms with E-state index in [2.05, 4.69) is 6.92 Å². The van der Waals surface area contributed by atoms with Gasteiger partial charge in [0.15, 0.2) is 0 Å². The molecule has 1 amide bonds. The number of aliphatic carboxylic acids is 1. The molecule has 0 radical (unpaired) electrons. The molecular weight excluding hydrogens is 302 g/mol. The first-order chi connectivity index (χ1) is 10.3. The molecule has 2 N–H and O–H groups in total. The van der Waals surface area contributed by atoms with E-state index in [1.165, 1.54) is 35.9 Å². The van der Waals surface area contributed by atoms with Crippen LogP contribution in [0.1, 0.15) is 59.3 Å². The molecule has 22 heavy (non-hydrogen) atoms. The van der Waals surface area contributed by atoms with Crippen LogP contribution < -0.4 is 0 Å². The third-order valence-corrected chi connectivity index (χ3v) is 6.33. The minimum Gasteiger partial charge on any atom is -0.480 e. The number of thioether (sulfide) groups is 1. The molecule has 0 spiro atoms. The Balaban J connectivity index is 1.90. The van der Waals surface area contributed by atoms with Crippen molar-refractivity contribution in [2.24, 2.45) is 5.92 Å². The predicted octanol–water partition coefficient (Wildman–Crippen LogP) is 2.47. The highest BCUT2D eigenvalue weighted by molar-refractivity contribution is 8.01. The summed E-state index contributed by atoms with van der Waals surface area (Å²) in [5.41, 5.74) is 0. The van der Waals surface area contributed by atoms with Crippen molar-refractivity contribution in [1.29, 1.82) is 0 Å². The Labute approximate surface area is 136 Å². The Bertz CT molecular complexity index is 440. The number of nitrogens with zero attached hydrogens (tertiary/aromatic N) is 1. The number of rotatable bonds is 8. The molecule has 4 atom stereocenters. The van der Waals surface area contributed by atoms with E-state index in [1.807, 2.05) is 13.8 Å². The summed E-state index contributed by atoms with van der Waals surface area (Å²) in [6, 6.07) is -0.789. The number of unbranched alkanes of at least 4 members (excludes halogenated alkanes) is 4. The van der Waals surface area contributed by atoms with Crippen LogP contribution in [0.25, 0.3) is 0 Å². The molecule has 2 aliphatic heterocycles. The maximum atomic E-state index is 12.3. The maximum Gasteiger partial charge on any atom is 0.327 e. The summed E-state index contributed by atoms with van der Waals surface area (Å²) in [6.45, 7) is 5.88. The van der Waals surface area contributed by atoms with Gasteiger partial charge >= 0.3 is 5.97 Å². The van der Waals surface area contributed by atoms with Gasteiger partial charge in [-0.2, -0.15) is 0 Å². The summed E-state index contributed by atoms with van der Waals surface area (Å²) in [4.78, 5) is 25.2. The third-order valence-electron chi connectivity index (χ3n) is 4.73. The molecule has 0 aromatic rings. The van der Waals surface area contributed by atoms with Gasteiger partial charge in [-0.05, 0) is 20.3 Å². The highest BCUT2D eigenvalue weighted by Crippen LogP contribution is 2.54. The van der Waals surface area contributed by atoms with Crippen LogP contribution in [0.15, 0.2) is 0 Å². The van der Waals surface area contributed by atoms with Crippen molar-refractivity contribution in [3.8, 4) is 0 Å². The summed E-state index contributed by atoms with van der Waals surface area (Å²) < 4.78 is -0.512. The van der Waals surface area contributed by atoms with Gasteiger partial charge in [0.1, 0.15) is 6.04 Å². The molecule has 0 aromatic heterocycles. The van der Waals surface area contributed by atoms with Gasteiger partial charge in [0.25, 0.3) is 0 Å². The summed E-state index contributed by atoms with van der Waals surface area (Å²) in [7, 11) is 0. The quantitative estimate of drug-likeness (QED) is 0.528. The SMILES string of the molecule is CCCCCCC[C@@H](O)[C@H]1C(=O)N2[C@@H]1SC(C)(C)[C@@H]2C(=O)O. The average Bonchev–Trinajstić information content (AvgIpc) is 2.66. The van der Waals surface area contributed by atoms with Crippen molar-refractivity contribution in [2.75, 3.05) is 0 Å². The first-order valence-electron chi connectivity index (χ1n) is 8.22. The highest BCUT2D eigenvalue weighted by Gasteiger charge is 2.64. The van der Waals surface area contributed by atoms with E-state index in [0.29, 0.717) is 6.42 Å².